The number of H-pyrrole nitrogens is 1. The number of fused-ring (bicyclic) bond motifs is 1. The van der Waals surface area contributed by atoms with Crippen molar-refractivity contribution in [3.63, 3.8) is 0 Å². The largest absolute Gasteiger partial charge is 0.481 e. The van der Waals surface area contributed by atoms with Crippen LogP contribution in [0.5, 0.6) is 0 Å². The number of aliphatic hydroxyl groups is 2. The lowest BCUT2D eigenvalue weighted by atomic mass is 9.99. The van der Waals surface area contributed by atoms with Crippen molar-refractivity contribution in [3.05, 3.63) is 36.0 Å². The molecular formula is C52H79N15O18. The van der Waals surface area contributed by atoms with Crippen molar-refractivity contribution in [2.24, 2.45) is 23.1 Å². The molecule has 21 N–H and O–H groups in total. The number of likely N-dealkylation sites (tertiary alicyclic amines) is 1. The van der Waals surface area contributed by atoms with Crippen LogP contribution in [0.2, 0.25) is 0 Å². The molecule has 1 saturated heterocycles. The Balaban J connectivity index is 1.66. The third-order valence-electron chi connectivity index (χ3n) is 13.2. The monoisotopic (exact) mass is 1200 g/mol. The fraction of sp³-hybridized carbons (Fsp3) is 0.577. The number of para-hydroxylation sites is 1. The first-order valence-electron chi connectivity index (χ1n) is 27.4. The van der Waals surface area contributed by atoms with Crippen molar-refractivity contribution in [2.75, 3.05) is 45.9 Å². The number of primary amides is 1. The minimum absolute atomic E-state index is 0.0152. The molecule has 9 atom stereocenters. The summed E-state index contributed by atoms with van der Waals surface area (Å²) in [5.41, 5.74) is 18.5. The minimum atomic E-state index is -1.72. The van der Waals surface area contributed by atoms with Gasteiger partial charge in [0.2, 0.25) is 70.9 Å². The van der Waals surface area contributed by atoms with E-state index < -0.39 is 183 Å². The quantitative estimate of drug-likeness (QED) is 0.0280. The van der Waals surface area contributed by atoms with Gasteiger partial charge in [-0.15, -0.1) is 0 Å². The van der Waals surface area contributed by atoms with E-state index in [9.17, 15) is 77.3 Å². The number of amides is 12. The summed E-state index contributed by atoms with van der Waals surface area (Å²) in [7, 11) is 0. The highest BCUT2D eigenvalue weighted by Gasteiger charge is 2.38. The molecule has 0 saturated carbocycles. The average molecular weight is 1200 g/mol. The molecule has 0 radical (unpaired) electrons. The van der Waals surface area contributed by atoms with Gasteiger partial charge in [0.25, 0.3) is 0 Å². The summed E-state index contributed by atoms with van der Waals surface area (Å²) in [5, 5.41) is 61.8. The lowest BCUT2D eigenvalue weighted by Crippen LogP contribution is -2.59. The second-order valence-electron chi connectivity index (χ2n) is 20.5. The smallest absolute Gasteiger partial charge is 0.325 e. The van der Waals surface area contributed by atoms with Crippen molar-refractivity contribution < 1.29 is 87.5 Å². The number of nitrogens with two attached hydrogens (primary N) is 3. The van der Waals surface area contributed by atoms with E-state index in [-0.39, 0.29) is 57.5 Å². The van der Waals surface area contributed by atoms with E-state index in [1.165, 1.54) is 6.92 Å². The summed E-state index contributed by atoms with van der Waals surface area (Å²) < 4.78 is 0. The second-order valence-corrected chi connectivity index (χ2v) is 20.5. The first-order chi connectivity index (χ1) is 40.2. The van der Waals surface area contributed by atoms with Gasteiger partial charge in [-0.1, -0.05) is 32.0 Å². The number of aliphatic hydroxyl groups excluding tert-OH is 2. The highest BCUT2D eigenvalue weighted by Crippen LogP contribution is 2.21. The third-order valence-corrected chi connectivity index (χ3v) is 13.2. The molecule has 0 unspecified atom stereocenters. The van der Waals surface area contributed by atoms with Crippen molar-refractivity contribution in [3.8, 4) is 0 Å². The maximum Gasteiger partial charge on any atom is 0.325 e. The zero-order valence-electron chi connectivity index (χ0n) is 47.4. The number of unbranched alkanes of at least 4 members (excludes halogenated alkanes) is 1. The Labute approximate surface area is 487 Å². The Hall–Kier alpha value is -8.82. The van der Waals surface area contributed by atoms with Crippen molar-refractivity contribution in [1.82, 2.24) is 63.1 Å². The highest BCUT2D eigenvalue weighted by molar-refractivity contribution is 5.99. The summed E-state index contributed by atoms with van der Waals surface area (Å²) in [6.45, 7) is 0.646. The normalized spacial score (nSPS) is 15.7. The lowest BCUT2D eigenvalue weighted by molar-refractivity contribution is -0.141. The van der Waals surface area contributed by atoms with Gasteiger partial charge in [0.15, 0.2) is 0 Å². The van der Waals surface area contributed by atoms with E-state index in [1.54, 1.807) is 44.3 Å². The van der Waals surface area contributed by atoms with E-state index in [0.717, 1.165) is 15.8 Å². The summed E-state index contributed by atoms with van der Waals surface area (Å²) in [4.78, 5) is 185. The number of aromatic nitrogens is 1. The summed E-state index contributed by atoms with van der Waals surface area (Å²) in [6.07, 6.45) is 1.08. The number of rotatable bonds is 37. The number of carbonyl (C=O) groups is 14. The molecule has 0 spiro atoms. The highest BCUT2D eigenvalue weighted by atomic mass is 16.4. The van der Waals surface area contributed by atoms with Crippen LogP contribution in [0.25, 0.3) is 10.9 Å². The number of hydrogen-bond acceptors (Lipinski definition) is 18. The predicted octanol–water partition coefficient (Wildman–Crippen LogP) is -7.22. The summed E-state index contributed by atoms with van der Waals surface area (Å²) >= 11 is 0. The van der Waals surface area contributed by atoms with Gasteiger partial charge in [0.05, 0.1) is 45.3 Å². The number of carboxylic acid groups (broad SMARTS) is 2. The fourth-order valence-corrected chi connectivity index (χ4v) is 8.65. The average Bonchev–Trinajstić information content (AvgIpc) is 4.01. The lowest BCUT2D eigenvalue weighted by Gasteiger charge is -2.27. The molecule has 2 aromatic rings. The standard InChI is InChI=1S/C52H79N15O18/c1-26(2)17-33(63-49(81)34(62-44(76)30(54)13-14-43(74)75)18-28-20-56-31-10-5-4-9-29(28)31)48(80)61-32(11-6-7-15-53)47(79)64-35(19-39(55)70)45(77)58-21-40(71)57-23-42(73)67-16-8-12-38(67)51(83)66-37(25-69)50(82)65-36(24-68)46(78)59-22-41(72)60-27(3)52(84)85/h4-5,9-10,20,26-27,30,32-38,56,68-69H,6-8,11-19,21-25,53-54H2,1-3H3,(H2,55,70)(H,57,71)(H,58,77)(H,59,78)(H,60,72)(H,61,80)(H,62,76)(H,63,81)(H,64,79)(H,65,82)(H,66,83)(H,74,75)(H,84,85)/t27-,30-,32-,33-,34-,35-,36-,37-,38-/m0/s1. The Morgan fingerprint density at radius 2 is 1.21 bits per heavy atom. The molecule has 0 bridgehead atoms. The number of carboxylic acids is 2. The van der Waals surface area contributed by atoms with Gasteiger partial charge in [-0.2, -0.15) is 0 Å². The van der Waals surface area contributed by atoms with Crippen LogP contribution in [0.15, 0.2) is 30.5 Å². The van der Waals surface area contributed by atoms with Crippen LogP contribution in [0.3, 0.4) is 0 Å². The number of aliphatic carboxylic acids is 2. The minimum Gasteiger partial charge on any atom is -0.481 e. The van der Waals surface area contributed by atoms with Gasteiger partial charge in [0.1, 0.15) is 48.3 Å². The molecule has 1 aliphatic rings. The van der Waals surface area contributed by atoms with Crippen LogP contribution in [0, 0.1) is 5.92 Å². The zero-order valence-corrected chi connectivity index (χ0v) is 47.4. The van der Waals surface area contributed by atoms with Gasteiger partial charge in [-0.25, -0.2) is 0 Å². The molecule has 3 rings (SSSR count). The summed E-state index contributed by atoms with van der Waals surface area (Å²) in [5.74, 6) is -14.1. The number of hydrogen-bond donors (Lipinski definition) is 18. The van der Waals surface area contributed by atoms with Crippen LogP contribution in [0.1, 0.15) is 84.1 Å². The fourth-order valence-electron chi connectivity index (χ4n) is 8.65. The van der Waals surface area contributed by atoms with Gasteiger partial charge < -0.3 is 101 Å². The SMILES string of the molecule is CC(C)C[C@H](NC(=O)[C@H](Cc1c[nH]c2ccccc12)NC(=O)[C@@H](N)CCC(=O)O)C(=O)N[C@@H](CCCCN)C(=O)N[C@@H](CC(N)=O)C(=O)NCC(=O)NCC(=O)N1CCC[C@H]1C(=O)N[C@@H](CO)C(=O)N[C@@H](CO)C(=O)NCC(=O)N[C@@H](C)C(=O)O. The molecule has 85 heavy (non-hydrogen) atoms. The molecule has 1 aromatic carbocycles. The molecule has 1 aromatic heterocycles. The first kappa shape index (κ1) is 70.4. The Kier molecular flexibility index (Phi) is 29.3. The van der Waals surface area contributed by atoms with Crippen molar-refractivity contribution in [2.45, 2.75) is 139 Å². The molecular weight excluding hydrogens is 1120 g/mol. The molecule has 33 nitrogen and oxygen atoms in total. The maximum absolute atomic E-state index is 14.2. The zero-order chi connectivity index (χ0) is 63.5. The topological polar surface area (TPSA) is 537 Å². The summed E-state index contributed by atoms with van der Waals surface area (Å²) in [6, 6.07) is -5.84. The molecule has 0 aliphatic carbocycles. The van der Waals surface area contributed by atoms with E-state index in [4.69, 9.17) is 27.4 Å². The molecule has 470 valence electrons. The van der Waals surface area contributed by atoms with Gasteiger partial charge in [0, 0.05) is 36.5 Å². The maximum atomic E-state index is 14.2. The van der Waals surface area contributed by atoms with Crippen LogP contribution in [-0.4, -0.2) is 213 Å². The molecule has 12 amide bonds. The van der Waals surface area contributed by atoms with E-state index in [2.05, 4.69) is 58.2 Å². The number of carbonyl (C=O) groups excluding carboxylic acids is 12. The third kappa shape index (κ3) is 23.8. The van der Waals surface area contributed by atoms with Gasteiger partial charge in [-0.3, -0.25) is 67.1 Å². The van der Waals surface area contributed by atoms with Gasteiger partial charge in [-0.05, 0) is 76.0 Å². The number of benzene rings is 1. The number of nitrogens with zero attached hydrogens (tertiary/aromatic N) is 1. The van der Waals surface area contributed by atoms with E-state index >= 15 is 0 Å². The van der Waals surface area contributed by atoms with Crippen LogP contribution in [-0.2, 0) is 73.5 Å². The predicted molar refractivity (Wildman–Crippen MR) is 298 cm³/mol. The van der Waals surface area contributed by atoms with Crippen molar-refractivity contribution >= 4 is 93.7 Å². The molecule has 1 fully saturated rings. The van der Waals surface area contributed by atoms with E-state index in [0.29, 0.717) is 18.4 Å². The first-order valence-corrected chi connectivity index (χ1v) is 27.4. The molecule has 33 heteroatoms. The Bertz CT molecular complexity index is 2720. The Morgan fingerprint density at radius 3 is 1.84 bits per heavy atom. The van der Waals surface area contributed by atoms with E-state index in [1.807, 2.05) is 0 Å². The van der Waals surface area contributed by atoms with Gasteiger partial charge >= 0.3 is 11.9 Å². The van der Waals surface area contributed by atoms with Crippen molar-refractivity contribution in [1.29, 1.82) is 0 Å². The van der Waals surface area contributed by atoms with Crippen LogP contribution >= 0.6 is 0 Å². The number of aromatic amines is 1. The Morgan fingerprint density at radius 1 is 0.647 bits per heavy atom. The van der Waals surface area contributed by atoms with Crippen LogP contribution < -0.4 is 70.4 Å². The van der Waals surface area contributed by atoms with Crippen LogP contribution in [0.4, 0.5) is 0 Å². The second kappa shape index (κ2) is 35.3. The molecule has 1 aliphatic heterocycles. The number of nitrogens with one attached hydrogen (secondary N) is 11. The molecule has 2 heterocycles.